The van der Waals surface area contributed by atoms with Crippen LogP contribution < -0.4 is 16.5 Å². The second kappa shape index (κ2) is 3.18. The van der Waals surface area contributed by atoms with Gasteiger partial charge in [-0.1, -0.05) is 5.16 Å². The molecule has 2 heterocycles. The van der Waals surface area contributed by atoms with E-state index in [1.807, 2.05) is 0 Å². The van der Waals surface area contributed by atoms with Crippen LogP contribution in [0.1, 0.15) is 0 Å². The molecule has 0 radical (unpaired) electrons. The van der Waals surface area contributed by atoms with Gasteiger partial charge in [0.15, 0.2) is 5.36 Å². The van der Waals surface area contributed by atoms with Gasteiger partial charge in [-0.15, -0.1) is 0 Å². The molecule has 0 saturated carbocycles. The van der Waals surface area contributed by atoms with Crippen molar-refractivity contribution in [3.63, 3.8) is 0 Å². The van der Waals surface area contributed by atoms with Crippen molar-refractivity contribution in [2.24, 2.45) is 5.16 Å². The third kappa shape index (κ3) is 1.17. The van der Waals surface area contributed by atoms with Crippen LogP contribution in [0.2, 0.25) is 0 Å². The Morgan fingerprint density at radius 2 is 2.06 bits per heavy atom. The average molecular weight is 229 g/mol. The summed E-state index contributed by atoms with van der Waals surface area (Å²) in [7, 11) is 0. The zero-order valence-electron chi connectivity index (χ0n) is 8.54. The monoisotopic (exact) mass is 229 g/mol. The SMILES string of the molecule is O=c1ccc2c[nH]c(=O)n3ccc(c1=NO)c23. The molecule has 0 saturated heterocycles. The fraction of sp³-hybridized carbons (Fsp3) is 0. The van der Waals surface area contributed by atoms with Crippen LogP contribution in [0.25, 0.3) is 16.3 Å². The Morgan fingerprint density at radius 3 is 2.82 bits per heavy atom. The van der Waals surface area contributed by atoms with Crippen molar-refractivity contribution in [1.29, 1.82) is 0 Å². The summed E-state index contributed by atoms with van der Waals surface area (Å²) in [5.41, 5.74) is -0.150. The lowest BCUT2D eigenvalue weighted by atomic mass is 10.3. The summed E-state index contributed by atoms with van der Waals surface area (Å²) in [6, 6.07) is 4.46. The third-order valence-corrected chi connectivity index (χ3v) is 2.73. The van der Waals surface area contributed by atoms with Crippen molar-refractivity contribution >= 4 is 16.3 Å². The van der Waals surface area contributed by atoms with Gasteiger partial charge in [0.25, 0.3) is 0 Å². The molecule has 0 atom stereocenters. The summed E-state index contributed by atoms with van der Waals surface area (Å²) in [6.45, 7) is 0. The molecule has 3 rings (SSSR count). The number of aromatic nitrogens is 2. The highest BCUT2D eigenvalue weighted by molar-refractivity contribution is 5.94. The maximum atomic E-state index is 11.7. The summed E-state index contributed by atoms with van der Waals surface area (Å²) in [6.07, 6.45) is 3.05. The summed E-state index contributed by atoms with van der Waals surface area (Å²) in [5.74, 6) is 0. The van der Waals surface area contributed by atoms with E-state index in [0.717, 1.165) is 0 Å². The summed E-state index contributed by atoms with van der Waals surface area (Å²) < 4.78 is 1.37. The lowest BCUT2D eigenvalue weighted by Gasteiger charge is -1.94. The van der Waals surface area contributed by atoms with E-state index in [-0.39, 0.29) is 11.0 Å². The van der Waals surface area contributed by atoms with E-state index in [1.54, 1.807) is 12.1 Å². The van der Waals surface area contributed by atoms with Gasteiger partial charge < -0.3 is 10.2 Å². The first kappa shape index (κ1) is 9.59. The quantitative estimate of drug-likeness (QED) is 0.416. The number of nitrogens with one attached hydrogen (secondary N) is 1. The highest BCUT2D eigenvalue weighted by Gasteiger charge is 2.07. The molecule has 2 N–H and O–H groups in total. The van der Waals surface area contributed by atoms with Gasteiger partial charge in [0.05, 0.1) is 5.52 Å². The van der Waals surface area contributed by atoms with Crippen molar-refractivity contribution in [2.45, 2.75) is 0 Å². The molecule has 84 valence electrons. The molecular weight excluding hydrogens is 222 g/mol. The van der Waals surface area contributed by atoms with Crippen molar-refractivity contribution in [3.05, 3.63) is 56.7 Å². The second-order valence-electron chi connectivity index (χ2n) is 3.64. The van der Waals surface area contributed by atoms with Crippen LogP contribution in [0, 0.1) is 0 Å². The molecule has 1 aromatic carbocycles. The Morgan fingerprint density at radius 1 is 1.24 bits per heavy atom. The van der Waals surface area contributed by atoms with Crippen LogP contribution in [-0.4, -0.2) is 14.6 Å². The van der Waals surface area contributed by atoms with Crippen LogP contribution in [0.4, 0.5) is 0 Å². The Labute approximate surface area is 93.4 Å². The fourth-order valence-electron chi connectivity index (χ4n) is 1.97. The predicted octanol–water partition coefficient (Wildman–Crippen LogP) is -0.131. The second-order valence-corrected chi connectivity index (χ2v) is 3.64. The van der Waals surface area contributed by atoms with Gasteiger partial charge in [-0.3, -0.25) is 9.20 Å². The molecule has 17 heavy (non-hydrogen) atoms. The Balaban J connectivity index is 2.86. The first-order chi connectivity index (χ1) is 8.22. The first-order valence-corrected chi connectivity index (χ1v) is 4.90. The van der Waals surface area contributed by atoms with Gasteiger partial charge in [-0.25, -0.2) is 4.79 Å². The Bertz CT molecular complexity index is 892. The number of hydrogen-bond acceptors (Lipinski definition) is 4. The summed E-state index contributed by atoms with van der Waals surface area (Å²) >= 11 is 0. The standard InChI is InChI=1S/C11H7N3O3/c15-8-2-1-6-5-12-11(16)14-4-3-7(10(6)14)9(8)13-17/h1-5,17H,(H,12,16). The average Bonchev–Trinajstić information content (AvgIpc) is 2.70. The van der Waals surface area contributed by atoms with E-state index >= 15 is 0 Å². The molecule has 0 aliphatic heterocycles. The normalized spacial score (nSPS) is 12.6. The van der Waals surface area contributed by atoms with E-state index in [4.69, 9.17) is 5.21 Å². The number of nitrogens with zero attached hydrogens (tertiary/aromatic N) is 2. The van der Waals surface area contributed by atoms with Crippen molar-refractivity contribution in [2.75, 3.05) is 0 Å². The summed E-state index contributed by atoms with van der Waals surface area (Å²) in [4.78, 5) is 25.8. The van der Waals surface area contributed by atoms with Crippen LogP contribution >= 0.6 is 0 Å². The van der Waals surface area contributed by atoms with Crippen LogP contribution in [0.5, 0.6) is 0 Å². The van der Waals surface area contributed by atoms with E-state index in [2.05, 4.69) is 10.1 Å². The molecule has 6 nitrogen and oxygen atoms in total. The topological polar surface area (TPSA) is 86.9 Å². The number of H-pyrrole nitrogens is 1. The molecule has 0 amide bonds. The molecule has 2 aromatic heterocycles. The van der Waals surface area contributed by atoms with E-state index < -0.39 is 5.43 Å². The van der Waals surface area contributed by atoms with Crippen molar-refractivity contribution in [1.82, 2.24) is 9.38 Å². The zero-order chi connectivity index (χ0) is 12.0. The number of aromatic amines is 1. The van der Waals surface area contributed by atoms with Gasteiger partial charge in [-0.05, 0) is 18.2 Å². The van der Waals surface area contributed by atoms with Crippen molar-refractivity contribution in [3.8, 4) is 0 Å². The van der Waals surface area contributed by atoms with Crippen LogP contribution in [0.3, 0.4) is 0 Å². The molecular formula is C11H7N3O3. The molecule has 0 aliphatic rings. The molecule has 0 bridgehead atoms. The minimum atomic E-state index is -0.399. The van der Waals surface area contributed by atoms with E-state index in [1.165, 1.54) is 22.9 Å². The molecule has 3 aromatic rings. The minimum Gasteiger partial charge on any atom is -0.410 e. The molecule has 0 spiro atoms. The summed E-state index contributed by atoms with van der Waals surface area (Å²) in [5, 5.41) is 13.0. The molecule has 6 heteroatoms. The first-order valence-electron chi connectivity index (χ1n) is 4.90. The number of rotatable bonds is 0. The van der Waals surface area contributed by atoms with Gasteiger partial charge in [-0.2, -0.15) is 0 Å². The van der Waals surface area contributed by atoms with Crippen LogP contribution in [-0.2, 0) is 0 Å². The molecule has 0 unspecified atom stereocenters. The van der Waals surface area contributed by atoms with Gasteiger partial charge in [0.1, 0.15) is 0 Å². The Kier molecular flexibility index (Phi) is 1.79. The molecule has 0 aliphatic carbocycles. The van der Waals surface area contributed by atoms with Crippen molar-refractivity contribution < 1.29 is 5.21 Å². The van der Waals surface area contributed by atoms with E-state index in [9.17, 15) is 9.59 Å². The maximum absolute atomic E-state index is 11.7. The fourth-order valence-corrected chi connectivity index (χ4v) is 1.97. The zero-order valence-corrected chi connectivity index (χ0v) is 8.54. The Hall–Kier alpha value is -2.63. The highest BCUT2D eigenvalue weighted by Crippen LogP contribution is 2.13. The molecule has 0 fully saturated rings. The lowest BCUT2D eigenvalue weighted by molar-refractivity contribution is 0.302. The minimum absolute atomic E-state index is 0.0619. The van der Waals surface area contributed by atoms with Gasteiger partial charge in [0.2, 0.25) is 5.43 Å². The van der Waals surface area contributed by atoms with Gasteiger partial charge >= 0.3 is 5.69 Å². The largest absolute Gasteiger partial charge is 0.410 e. The smallest absolute Gasteiger partial charge is 0.330 e. The van der Waals surface area contributed by atoms with Crippen LogP contribution in [0.15, 0.2) is 45.3 Å². The van der Waals surface area contributed by atoms with E-state index in [0.29, 0.717) is 16.3 Å². The predicted molar refractivity (Wildman–Crippen MR) is 60.3 cm³/mol. The van der Waals surface area contributed by atoms with Gasteiger partial charge in [0, 0.05) is 23.2 Å². The highest BCUT2D eigenvalue weighted by atomic mass is 16.4. The number of hydrogen-bond donors (Lipinski definition) is 2. The lowest BCUT2D eigenvalue weighted by Crippen LogP contribution is -2.21. The third-order valence-electron chi connectivity index (χ3n) is 2.73. The maximum Gasteiger partial charge on any atom is 0.330 e.